The van der Waals surface area contributed by atoms with Gasteiger partial charge in [0.05, 0.1) is 15.6 Å². The van der Waals surface area contributed by atoms with Gasteiger partial charge in [-0.25, -0.2) is 13.0 Å². The summed E-state index contributed by atoms with van der Waals surface area (Å²) in [7, 11) is -3.42. The topological polar surface area (TPSA) is 128 Å². The number of nitrogen functional groups attached to an aromatic ring is 1. The van der Waals surface area contributed by atoms with E-state index in [1.54, 1.807) is 0 Å². The van der Waals surface area contributed by atoms with Crippen LogP contribution in [-0.4, -0.2) is 30.9 Å². The van der Waals surface area contributed by atoms with Crippen molar-refractivity contribution in [3.05, 3.63) is 28.9 Å². The number of carbonyl (C=O) groups excluding carboxylic acids is 1. The number of carbonyl (C=O) groups is 1. The number of halogens is 1. The molecule has 8 nitrogen and oxygen atoms in total. The Balaban J connectivity index is 2.34. The minimum atomic E-state index is -3.42. The molecule has 0 saturated heterocycles. The van der Waals surface area contributed by atoms with Gasteiger partial charge in [-0.15, -0.1) is 0 Å². The summed E-state index contributed by atoms with van der Waals surface area (Å²) in [6.45, 7) is 0. The average Bonchev–Trinajstić information content (AvgIpc) is 2.77. The van der Waals surface area contributed by atoms with Crippen LogP contribution < -0.4 is 11.1 Å². The Labute approximate surface area is 118 Å². The highest BCUT2D eigenvalue weighted by atomic mass is 35.5. The number of nitrogens with zero attached hydrogens (tertiary/aromatic N) is 2. The molecule has 10 heteroatoms. The standard InChI is InChI=1S/C10H9ClN4O4S/c1-20(17,18)5-2-3-6(11)7(4-5)13-10(16)8-9(12)15-19-14-8/h2-4H,1H3,(H2,12,15)(H,13,16). The molecule has 0 aliphatic carbocycles. The lowest BCUT2D eigenvalue weighted by atomic mass is 10.3. The molecule has 0 bridgehead atoms. The summed E-state index contributed by atoms with van der Waals surface area (Å²) in [5.41, 5.74) is 5.27. The molecule has 0 radical (unpaired) electrons. The zero-order valence-electron chi connectivity index (χ0n) is 10.1. The number of amides is 1. The van der Waals surface area contributed by atoms with Crippen molar-refractivity contribution in [2.45, 2.75) is 4.90 Å². The molecule has 0 aliphatic heterocycles. The smallest absolute Gasteiger partial charge is 0.281 e. The minimum Gasteiger partial charge on any atom is -0.379 e. The van der Waals surface area contributed by atoms with Crippen LogP contribution in [-0.2, 0) is 9.84 Å². The third-order valence-corrected chi connectivity index (χ3v) is 3.78. The maximum atomic E-state index is 11.8. The van der Waals surface area contributed by atoms with Gasteiger partial charge in [-0.05, 0) is 28.5 Å². The Morgan fingerprint density at radius 2 is 2.10 bits per heavy atom. The highest BCUT2D eigenvalue weighted by Gasteiger charge is 2.18. The lowest BCUT2D eigenvalue weighted by molar-refractivity contribution is 0.101. The lowest BCUT2D eigenvalue weighted by Crippen LogP contribution is -2.15. The SMILES string of the molecule is CS(=O)(=O)c1ccc(Cl)c(NC(=O)c2nonc2N)c1. The van der Waals surface area contributed by atoms with Crippen molar-refractivity contribution in [1.82, 2.24) is 10.3 Å². The predicted octanol–water partition coefficient (Wildman–Crippen LogP) is 0.961. The highest BCUT2D eigenvalue weighted by molar-refractivity contribution is 7.90. The molecule has 1 aromatic heterocycles. The molecule has 1 heterocycles. The van der Waals surface area contributed by atoms with Gasteiger partial charge in [0.25, 0.3) is 5.91 Å². The Hall–Kier alpha value is -2.13. The average molecular weight is 317 g/mol. The highest BCUT2D eigenvalue weighted by Crippen LogP contribution is 2.26. The molecule has 0 aliphatic rings. The Bertz CT molecular complexity index is 771. The zero-order valence-corrected chi connectivity index (χ0v) is 11.7. The maximum Gasteiger partial charge on any atom is 0.281 e. The maximum absolute atomic E-state index is 11.8. The number of aromatic nitrogens is 2. The monoisotopic (exact) mass is 316 g/mol. The van der Waals surface area contributed by atoms with E-state index in [0.29, 0.717) is 0 Å². The number of benzene rings is 1. The first-order chi connectivity index (χ1) is 9.29. The van der Waals surface area contributed by atoms with E-state index < -0.39 is 15.7 Å². The molecule has 0 fully saturated rings. The third-order valence-electron chi connectivity index (χ3n) is 2.34. The van der Waals surface area contributed by atoms with Gasteiger partial charge in [0, 0.05) is 6.26 Å². The molecule has 0 atom stereocenters. The van der Waals surface area contributed by atoms with Gasteiger partial charge in [0.1, 0.15) is 0 Å². The number of rotatable bonds is 3. The minimum absolute atomic E-state index is 0.0171. The van der Waals surface area contributed by atoms with Gasteiger partial charge >= 0.3 is 0 Å². The van der Waals surface area contributed by atoms with E-state index in [9.17, 15) is 13.2 Å². The summed E-state index contributed by atoms with van der Waals surface area (Å²) in [6.07, 6.45) is 1.04. The number of nitrogens with two attached hydrogens (primary N) is 1. The van der Waals surface area contributed by atoms with Gasteiger partial charge < -0.3 is 11.1 Å². The molecule has 0 unspecified atom stereocenters. The van der Waals surface area contributed by atoms with E-state index >= 15 is 0 Å². The summed E-state index contributed by atoms with van der Waals surface area (Å²) in [6, 6.07) is 3.93. The van der Waals surface area contributed by atoms with Gasteiger partial charge in [-0.3, -0.25) is 4.79 Å². The zero-order chi connectivity index (χ0) is 14.9. The van der Waals surface area contributed by atoms with Crippen molar-refractivity contribution < 1.29 is 17.8 Å². The second-order valence-corrected chi connectivity index (χ2v) is 6.29. The Morgan fingerprint density at radius 1 is 1.40 bits per heavy atom. The normalized spacial score (nSPS) is 11.3. The molecule has 1 amide bonds. The van der Waals surface area contributed by atoms with Gasteiger partial charge in [-0.1, -0.05) is 11.6 Å². The molecule has 1 aromatic carbocycles. The second-order valence-electron chi connectivity index (χ2n) is 3.87. The van der Waals surface area contributed by atoms with Crippen LogP contribution in [0.5, 0.6) is 0 Å². The molecule has 106 valence electrons. The van der Waals surface area contributed by atoms with Crippen LogP contribution in [0.1, 0.15) is 10.5 Å². The van der Waals surface area contributed by atoms with Crippen molar-refractivity contribution in [3.63, 3.8) is 0 Å². The summed E-state index contributed by atoms with van der Waals surface area (Å²) in [4.78, 5) is 11.9. The molecular formula is C10H9ClN4O4S. The molecule has 2 aromatic rings. The molecular weight excluding hydrogens is 308 g/mol. The van der Waals surface area contributed by atoms with Gasteiger partial charge in [-0.2, -0.15) is 0 Å². The Kier molecular flexibility index (Phi) is 3.64. The summed E-state index contributed by atoms with van der Waals surface area (Å²) < 4.78 is 27.2. The van der Waals surface area contributed by atoms with Crippen LogP contribution in [0.3, 0.4) is 0 Å². The number of anilines is 2. The number of sulfone groups is 1. The second kappa shape index (κ2) is 5.10. The van der Waals surface area contributed by atoms with Crippen molar-refractivity contribution in [2.24, 2.45) is 0 Å². The van der Waals surface area contributed by atoms with Crippen LogP contribution >= 0.6 is 11.6 Å². The summed E-state index contributed by atoms with van der Waals surface area (Å²) in [5, 5.41) is 9.14. The first-order valence-corrected chi connectivity index (χ1v) is 7.45. The van der Waals surface area contributed by atoms with E-state index in [1.165, 1.54) is 18.2 Å². The quantitative estimate of drug-likeness (QED) is 0.862. The summed E-state index contributed by atoms with van der Waals surface area (Å²) in [5.74, 6) is -0.894. The van der Waals surface area contributed by atoms with Crippen LogP contribution in [0.2, 0.25) is 5.02 Å². The van der Waals surface area contributed by atoms with Crippen LogP contribution in [0.25, 0.3) is 0 Å². The predicted molar refractivity (Wildman–Crippen MR) is 71.2 cm³/mol. The first kappa shape index (κ1) is 14.3. The fourth-order valence-corrected chi connectivity index (χ4v) is 2.18. The lowest BCUT2D eigenvalue weighted by Gasteiger charge is -2.07. The van der Waals surface area contributed by atoms with Crippen LogP contribution in [0, 0.1) is 0 Å². The fraction of sp³-hybridized carbons (Fsp3) is 0.100. The molecule has 20 heavy (non-hydrogen) atoms. The van der Waals surface area contributed by atoms with E-state index in [0.717, 1.165) is 6.26 Å². The first-order valence-electron chi connectivity index (χ1n) is 5.18. The van der Waals surface area contributed by atoms with E-state index in [2.05, 4.69) is 20.3 Å². The van der Waals surface area contributed by atoms with Crippen molar-refractivity contribution in [2.75, 3.05) is 17.3 Å². The fourth-order valence-electron chi connectivity index (χ4n) is 1.37. The van der Waals surface area contributed by atoms with Crippen LogP contribution in [0.4, 0.5) is 11.5 Å². The van der Waals surface area contributed by atoms with E-state index in [-0.39, 0.29) is 27.1 Å². The molecule has 3 N–H and O–H groups in total. The Morgan fingerprint density at radius 3 is 2.65 bits per heavy atom. The van der Waals surface area contributed by atoms with Crippen molar-refractivity contribution in [3.8, 4) is 0 Å². The van der Waals surface area contributed by atoms with Gasteiger partial charge in [0.15, 0.2) is 9.84 Å². The molecule has 0 saturated carbocycles. The van der Waals surface area contributed by atoms with Crippen molar-refractivity contribution in [1.29, 1.82) is 0 Å². The number of hydrogen-bond donors (Lipinski definition) is 2. The number of nitrogens with one attached hydrogen (secondary N) is 1. The molecule has 0 spiro atoms. The summed E-state index contributed by atoms with van der Waals surface area (Å²) >= 11 is 5.89. The van der Waals surface area contributed by atoms with E-state index in [1.807, 2.05) is 0 Å². The van der Waals surface area contributed by atoms with Crippen molar-refractivity contribution >= 4 is 38.9 Å². The third kappa shape index (κ3) is 2.89. The van der Waals surface area contributed by atoms with Gasteiger partial charge in [0.2, 0.25) is 11.5 Å². The van der Waals surface area contributed by atoms with E-state index in [4.69, 9.17) is 17.3 Å². The largest absolute Gasteiger partial charge is 0.379 e. The van der Waals surface area contributed by atoms with Crippen LogP contribution in [0.15, 0.2) is 27.7 Å². The molecule has 2 rings (SSSR count). The number of hydrogen-bond acceptors (Lipinski definition) is 7.